The minimum atomic E-state index is -0.187. The third-order valence-corrected chi connectivity index (χ3v) is 3.84. The molecule has 0 aliphatic carbocycles. The molecule has 118 valence electrons. The maximum atomic E-state index is 5.83. The largest absolute Gasteiger partial charge is 0.483 e. The van der Waals surface area contributed by atoms with Crippen LogP contribution >= 0.6 is 12.2 Å². The van der Waals surface area contributed by atoms with Crippen molar-refractivity contribution in [3.63, 3.8) is 0 Å². The first-order valence-corrected chi connectivity index (χ1v) is 8.02. The second-order valence-corrected chi connectivity index (χ2v) is 8.03. The Morgan fingerprint density at radius 1 is 1.14 bits per heavy atom. The first kappa shape index (κ1) is 18.0. The highest BCUT2D eigenvalue weighted by atomic mass is 32.1. The predicted molar refractivity (Wildman–Crippen MR) is 95.0 cm³/mol. The smallest absolute Gasteiger partial charge is 0.148 e. The summed E-state index contributed by atoms with van der Waals surface area (Å²) in [4.78, 5) is 0.412. The molecule has 0 aliphatic heterocycles. The molecule has 0 fully saturated rings. The van der Waals surface area contributed by atoms with Crippen molar-refractivity contribution in [2.75, 3.05) is 0 Å². The average Bonchev–Trinajstić information content (AvgIpc) is 2.33. The summed E-state index contributed by atoms with van der Waals surface area (Å²) in [6.07, 6.45) is 1.73. The van der Waals surface area contributed by atoms with Gasteiger partial charge in [-0.3, -0.25) is 0 Å². The Hall–Kier alpha value is -1.09. The number of rotatable bonds is 6. The summed E-state index contributed by atoms with van der Waals surface area (Å²) in [6, 6.07) is 8.32. The molecule has 1 unspecified atom stereocenters. The Morgan fingerprint density at radius 3 is 2.05 bits per heavy atom. The van der Waals surface area contributed by atoms with Crippen molar-refractivity contribution >= 4 is 17.2 Å². The molecule has 2 N–H and O–H groups in total. The maximum absolute atomic E-state index is 5.83. The molecular formula is C18H29NOS. The van der Waals surface area contributed by atoms with Gasteiger partial charge in [-0.05, 0) is 41.4 Å². The predicted octanol–water partition coefficient (Wildman–Crippen LogP) is 4.84. The van der Waals surface area contributed by atoms with Crippen LogP contribution in [0.2, 0.25) is 0 Å². The quantitative estimate of drug-likeness (QED) is 0.763. The fourth-order valence-electron chi connectivity index (χ4n) is 2.92. The summed E-state index contributed by atoms with van der Waals surface area (Å²) in [5.74, 6) is 0.824. The highest BCUT2D eigenvalue weighted by Crippen LogP contribution is 2.36. The molecule has 0 aliphatic rings. The van der Waals surface area contributed by atoms with Gasteiger partial charge in [0.15, 0.2) is 0 Å². The first-order valence-electron chi connectivity index (χ1n) is 7.62. The molecule has 1 aromatic rings. The van der Waals surface area contributed by atoms with E-state index >= 15 is 0 Å². The van der Waals surface area contributed by atoms with E-state index in [0.29, 0.717) is 10.4 Å². The number of ether oxygens (including phenoxy) is 1. The van der Waals surface area contributed by atoms with Crippen LogP contribution in [0.5, 0.6) is 5.75 Å². The van der Waals surface area contributed by atoms with E-state index in [2.05, 4.69) is 46.8 Å². The van der Waals surface area contributed by atoms with Gasteiger partial charge in [-0.2, -0.15) is 0 Å². The summed E-state index contributed by atoms with van der Waals surface area (Å²) in [5.41, 5.74) is 7.44. The number of thiocarbonyl (C=S) groups is 1. The van der Waals surface area contributed by atoms with E-state index in [4.69, 9.17) is 22.7 Å². The van der Waals surface area contributed by atoms with E-state index in [1.807, 2.05) is 19.1 Å². The van der Waals surface area contributed by atoms with Crippen molar-refractivity contribution in [2.24, 2.45) is 11.1 Å². The Kier molecular flexibility index (Phi) is 5.80. The molecule has 2 nitrogen and oxygen atoms in total. The van der Waals surface area contributed by atoms with Gasteiger partial charge in [0, 0.05) is 0 Å². The summed E-state index contributed by atoms with van der Waals surface area (Å²) in [7, 11) is 0. The van der Waals surface area contributed by atoms with Gasteiger partial charge in [0.25, 0.3) is 0 Å². The van der Waals surface area contributed by atoms with Gasteiger partial charge in [-0.1, -0.05) is 65.9 Å². The first-order chi connectivity index (χ1) is 9.55. The van der Waals surface area contributed by atoms with Crippen molar-refractivity contribution < 1.29 is 4.74 Å². The van der Waals surface area contributed by atoms with Gasteiger partial charge >= 0.3 is 0 Å². The van der Waals surface area contributed by atoms with Gasteiger partial charge < -0.3 is 10.5 Å². The zero-order valence-electron chi connectivity index (χ0n) is 14.2. The van der Waals surface area contributed by atoms with E-state index in [9.17, 15) is 0 Å². The fourth-order valence-corrected chi connectivity index (χ4v) is 3.13. The second kappa shape index (κ2) is 6.78. The molecular weight excluding hydrogens is 278 g/mol. The molecule has 1 atom stereocenters. The van der Waals surface area contributed by atoms with Gasteiger partial charge in [0.2, 0.25) is 0 Å². The van der Waals surface area contributed by atoms with Crippen LogP contribution in [0.25, 0.3) is 0 Å². The molecule has 0 saturated carbocycles. The van der Waals surface area contributed by atoms with Crippen LogP contribution in [0.15, 0.2) is 24.3 Å². The molecule has 0 aromatic heterocycles. The summed E-state index contributed by atoms with van der Waals surface area (Å²) >= 11 is 5.01. The Balaban J connectivity index is 2.85. The van der Waals surface area contributed by atoms with E-state index in [1.54, 1.807) is 0 Å². The molecule has 1 aromatic carbocycles. The zero-order valence-corrected chi connectivity index (χ0v) is 15.0. The number of hydrogen-bond donors (Lipinski definition) is 1. The van der Waals surface area contributed by atoms with Gasteiger partial charge in [-0.15, -0.1) is 0 Å². The Morgan fingerprint density at radius 2 is 1.67 bits per heavy atom. The zero-order chi connectivity index (χ0) is 16.3. The molecule has 3 heteroatoms. The monoisotopic (exact) mass is 307 g/mol. The van der Waals surface area contributed by atoms with Crippen LogP contribution in [0, 0.1) is 5.41 Å². The molecule has 0 radical (unpaired) electrons. The van der Waals surface area contributed by atoms with E-state index in [0.717, 1.165) is 18.6 Å². The topological polar surface area (TPSA) is 35.2 Å². The van der Waals surface area contributed by atoms with E-state index in [1.165, 1.54) is 5.56 Å². The molecule has 0 saturated heterocycles. The summed E-state index contributed by atoms with van der Waals surface area (Å²) in [5, 5.41) is 0. The van der Waals surface area contributed by atoms with Gasteiger partial charge in [-0.25, -0.2) is 0 Å². The van der Waals surface area contributed by atoms with Crippen LogP contribution in [0.1, 0.15) is 59.9 Å². The van der Waals surface area contributed by atoms with Gasteiger partial charge in [0.1, 0.15) is 16.8 Å². The van der Waals surface area contributed by atoms with Crippen LogP contribution in [0.3, 0.4) is 0 Å². The average molecular weight is 308 g/mol. The highest BCUT2D eigenvalue weighted by Gasteiger charge is 2.27. The standard InChI is InChI=1S/C18H29NOS/c1-7-15(16(19)21)20-14-10-8-13(9-11-14)18(5,6)12-17(2,3)4/h8-11,15H,7,12H2,1-6H3,(H2,19,21). The van der Waals surface area contributed by atoms with Crippen LogP contribution in [0.4, 0.5) is 0 Å². The number of nitrogens with two attached hydrogens (primary N) is 1. The number of hydrogen-bond acceptors (Lipinski definition) is 2. The van der Waals surface area contributed by atoms with E-state index in [-0.39, 0.29) is 11.5 Å². The van der Waals surface area contributed by atoms with Crippen molar-refractivity contribution in [3.8, 4) is 5.75 Å². The van der Waals surface area contributed by atoms with Gasteiger partial charge in [0.05, 0.1) is 0 Å². The third kappa shape index (κ3) is 5.66. The lowest BCUT2D eigenvalue weighted by atomic mass is 9.72. The molecule has 21 heavy (non-hydrogen) atoms. The van der Waals surface area contributed by atoms with Crippen LogP contribution < -0.4 is 10.5 Å². The molecule has 0 heterocycles. The minimum Gasteiger partial charge on any atom is -0.483 e. The fraction of sp³-hybridized carbons (Fsp3) is 0.611. The Bertz CT molecular complexity index is 471. The van der Waals surface area contributed by atoms with Crippen LogP contribution in [-0.4, -0.2) is 11.1 Å². The van der Waals surface area contributed by atoms with Crippen molar-refractivity contribution in [1.29, 1.82) is 0 Å². The maximum Gasteiger partial charge on any atom is 0.148 e. The number of benzene rings is 1. The third-order valence-electron chi connectivity index (χ3n) is 3.57. The van der Waals surface area contributed by atoms with E-state index < -0.39 is 0 Å². The van der Waals surface area contributed by atoms with Crippen molar-refractivity contribution in [2.45, 2.75) is 65.9 Å². The minimum absolute atomic E-state index is 0.143. The molecule has 0 bridgehead atoms. The molecule has 0 spiro atoms. The second-order valence-electron chi connectivity index (χ2n) is 7.56. The lowest BCUT2D eigenvalue weighted by Gasteiger charge is -2.33. The summed E-state index contributed by atoms with van der Waals surface area (Å²) in [6.45, 7) is 13.4. The molecule has 1 rings (SSSR count). The highest BCUT2D eigenvalue weighted by molar-refractivity contribution is 7.80. The SMILES string of the molecule is CCC(Oc1ccc(C(C)(C)CC(C)(C)C)cc1)C(N)=S. The lowest BCUT2D eigenvalue weighted by molar-refractivity contribution is 0.263. The summed E-state index contributed by atoms with van der Waals surface area (Å²) < 4.78 is 5.83. The normalized spacial score (nSPS) is 13.8. The van der Waals surface area contributed by atoms with Crippen molar-refractivity contribution in [3.05, 3.63) is 29.8 Å². The molecule has 0 amide bonds. The van der Waals surface area contributed by atoms with Crippen LogP contribution in [-0.2, 0) is 5.41 Å². The lowest BCUT2D eigenvalue weighted by Crippen LogP contribution is -2.31. The van der Waals surface area contributed by atoms with Crippen molar-refractivity contribution in [1.82, 2.24) is 0 Å². The Labute approximate surface area is 135 Å².